The molecular weight excluding hydrogens is 227 g/mol. The number of alkyl halides is 3. The second-order valence-corrected chi connectivity index (χ2v) is 4.40. The van der Waals surface area contributed by atoms with Crippen LogP contribution in [-0.4, -0.2) is 13.1 Å². The van der Waals surface area contributed by atoms with Gasteiger partial charge in [0.1, 0.15) is 0 Å². The largest absolute Gasteiger partial charge is 0.418 e. The smallest absolute Gasteiger partial charge is 0.371 e. The van der Waals surface area contributed by atoms with Gasteiger partial charge in [0.15, 0.2) is 0 Å². The van der Waals surface area contributed by atoms with Crippen LogP contribution in [0.3, 0.4) is 0 Å². The Bertz CT molecular complexity index is 392. The van der Waals surface area contributed by atoms with Gasteiger partial charge in [-0.25, -0.2) is 0 Å². The number of benzene rings is 1. The molecule has 1 fully saturated rings. The molecule has 1 heterocycles. The maximum Gasteiger partial charge on any atom is 0.418 e. The first-order chi connectivity index (χ1) is 8.02. The average molecular weight is 243 g/mol. The van der Waals surface area contributed by atoms with E-state index >= 15 is 0 Å². The lowest BCUT2D eigenvalue weighted by atomic mass is 10.1. The molecule has 1 aliphatic rings. The van der Waals surface area contributed by atoms with Crippen LogP contribution in [0.2, 0.25) is 0 Å². The van der Waals surface area contributed by atoms with Crippen LogP contribution >= 0.6 is 0 Å². The van der Waals surface area contributed by atoms with Crippen LogP contribution in [-0.2, 0) is 12.6 Å². The molecule has 1 aliphatic heterocycles. The van der Waals surface area contributed by atoms with Gasteiger partial charge in [-0.1, -0.05) is 13.0 Å². The van der Waals surface area contributed by atoms with Gasteiger partial charge in [-0.05, 0) is 37.0 Å². The second-order valence-electron chi connectivity index (χ2n) is 4.40. The van der Waals surface area contributed by atoms with Crippen molar-refractivity contribution in [2.45, 2.75) is 32.4 Å². The summed E-state index contributed by atoms with van der Waals surface area (Å²) in [5.74, 6) is 0. The van der Waals surface area contributed by atoms with Crippen molar-refractivity contribution in [2.75, 3.05) is 18.0 Å². The second kappa shape index (κ2) is 4.59. The molecule has 17 heavy (non-hydrogen) atoms. The van der Waals surface area contributed by atoms with Gasteiger partial charge in [-0.2, -0.15) is 13.2 Å². The maximum absolute atomic E-state index is 12.9. The molecule has 4 heteroatoms. The van der Waals surface area contributed by atoms with Crippen LogP contribution < -0.4 is 4.90 Å². The summed E-state index contributed by atoms with van der Waals surface area (Å²) in [4.78, 5) is 1.85. The highest BCUT2D eigenvalue weighted by atomic mass is 19.4. The van der Waals surface area contributed by atoms with E-state index in [-0.39, 0.29) is 0 Å². The van der Waals surface area contributed by atoms with Crippen molar-refractivity contribution in [1.82, 2.24) is 0 Å². The number of anilines is 1. The molecule has 0 spiro atoms. The summed E-state index contributed by atoms with van der Waals surface area (Å²) >= 11 is 0. The third-order valence-electron chi connectivity index (χ3n) is 3.22. The molecule has 0 radical (unpaired) electrons. The molecule has 0 aliphatic carbocycles. The predicted molar refractivity (Wildman–Crippen MR) is 62.3 cm³/mol. The standard InChI is InChI=1S/C13H16F3N/c1-2-10-5-6-11(13(14,15)16)12(9-10)17-7-3-4-8-17/h5-6,9H,2-4,7-8H2,1H3. The zero-order chi connectivity index (χ0) is 12.5. The summed E-state index contributed by atoms with van der Waals surface area (Å²) in [7, 11) is 0. The molecule has 1 saturated heterocycles. The van der Waals surface area contributed by atoms with Gasteiger partial charge in [-0.15, -0.1) is 0 Å². The first-order valence-electron chi connectivity index (χ1n) is 5.97. The summed E-state index contributed by atoms with van der Waals surface area (Å²) < 4.78 is 38.7. The zero-order valence-electron chi connectivity index (χ0n) is 9.85. The van der Waals surface area contributed by atoms with E-state index in [9.17, 15) is 13.2 Å². The Hall–Kier alpha value is -1.19. The van der Waals surface area contributed by atoms with Crippen molar-refractivity contribution in [3.8, 4) is 0 Å². The Kier molecular flexibility index (Phi) is 3.31. The summed E-state index contributed by atoms with van der Waals surface area (Å²) in [5.41, 5.74) is 0.811. The highest BCUT2D eigenvalue weighted by Crippen LogP contribution is 2.38. The zero-order valence-corrected chi connectivity index (χ0v) is 9.85. The molecule has 2 rings (SSSR count). The number of halogens is 3. The number of rotatable bonds is 2. The van der Waals surface area contributed by atoms with Crippen LogP contribution in [0.15, 0.2) is 18.2 Å². The van der Waals surface area contributed by atoms with Crippen LogP contribution in [0.4, 0.5) is 18.9 Å². The van der Waals surface area contributed by atoms with Gasteiger partial charge in [0, 0.05) is 18.8 Å². The van der Waals surface area contributed by atoms with Crippen molar-refractivity contribution in [3.63, 3.8) is 0 Å². The van der Waals surface area contributed by atoms with Gasteiger partial charge >= 0.3 is 6.18 Å². The molecule has 0 aromatic heterocycles. The Morgan fingerprint density at radius 1 is 1.18 bits per heavy atom. The van der Waals surface area contributed by atoms with E-state index in [2.05, 4.69) is 0 Å². The van der Waals surface area contributed by atoms with Crippen molar-refractivity contribution in [3.05, 3.63) is 29.3 Å². The highest BCUT2D eigenvalue weighted by Gasteiger charge is 2.35. The van der Waals surface area contributed by atoms with Crippen LogP contribution in [0.25, 0.3) is 0 Å². The summed E-state index contributed by atoms with van der Waals surface area (Å²) in [6.07, 6.45) is -1.54. The third-order valence-corrected chi connectivity index (χ3v) is 3.22. The van der Waals surface area contributed by atoms with E-state index in [1.807, 2.05) is 11.8 Å². The Labute approximate surface area is 99.2 Å². The molecule has 0 N–H and O–H groups in total. The van der Waals surface area contributed by atoms with E-state index in [0.29, 0.717) is 5.69 Å². The van der Waals surface area contributed by atoms with Crippen molar-refractivity contribution < 1.29 is 13.2 Å². The van der Waals surface area contributed by atoms with Crippen molar-refractivity contribution in [2.24, 2.45) is 0 Å². The summed E-state index contributed by atoms with van der Waals surface area (Å²) in [6.45, 7) is 3.42. The van der Waals surface area contributed by atoms with Gasteiger partial charge in [-0.3, -0.25) is 0 Å². The first kappa shape index (κ1) is 12.3. The van der Waals surface area contributed by atoms with Crippen LogP contribution in [0.1, 0.15) is 30.9 Å². The van der Waals surface area contributed by atoms with Crippen molar-refractivity contribution >= 4 is 5.69 Å². The lowest BCUT2D eigenvalue weighted by Crippen LogP contribution is -2.22. The first-order valence-corrected chi connectivity index (χ1v) is 5.97. The summed E-state index contributed by atoms with van der Waals surface area (Å²) in [6, 6.07) is 4.48. The Morgan fingerprint density at radius 2 is 1.82 bits per heavy atom. The van der Waals surface area contributed by atoms with Crippen LogP contribution in [0.5, 0.6) is 0 Å². The topological polar surface area (TPSA) is 3.24 Å². The SMILES string of the molecule is CCc1ccc(C(F)(F)F)c(N2CCCC2)c1. The van der Waals surface area contributed by atoms with E-state index in [1.165, 1.54) is 6.07 Å². The van der Waals surface area contributed by atoms with Crippen molar-refractivity contribution in [1.29, 1.82) is 0 Å². The molecule has 0 amide bonds. The van der Waals surface area contributed by atoms with Gasteiger partial charge in [0.2, 0.25) is 0 Å². The lowest BCUT2D eigenvalue weighted by Gasteiger charge is -2.23. The molecule has 0 atom stereocenters. The predicted octanol–water partition coefficient (Wildman–Crippen LogP) is 3.87. The number of hydrogen-bond donors (Lipinski definition) is 0. The molecule has 1 nitrogen and oxygen atoms in total. The molecular formula is C13H16F3N. The quantitative estimate of drug-likeness (QED) is 0.762. The fraction of sp³-hybridized carbons (Fsp3) is 0.538. The van der Waals surface area contributed by atoms with Crippen LogP contribution in [0, 0.1) is 0 Å². The molecule has 1 aromatic rings. The minimum absolute atomic E-state index is 0.356. The average Bonchev–Trinajstić information content (AvgIpc) is 2.80. The van der Waals surface area contributed by atoms with E-state index in [1.54, 1.807) is 12.1 Å². The van der Waals surface area contributed by atoms with E-state index < -0.39 is 11.7 Å². The molecule has 0 bridgehead atoms. The minimum atomic E-state index is -4.26. The molecule has 94 valence electrons. The molecule has 0 unspecified atom stereocenters. The normalized spacial score (nSPS) is 16.6. The van der Waals surface area contributed by atoms with E-state index in [0.717, 1.165) is 37.9 Å². The number of nitrogens with zero attached hydrogens (tertiary/aromatic N) is 1. The fourth-order valence-electron chi connectivity index (χ4n) is 2.26. The van der Waals surface area contributed by atoms with E-state index in [4.69, 9.17) is 0 Å². The summed E-state index contributed by atoms with van der Waals surface area (Å²) in [5, 5.41) is 0. The minimum Gasteiger partial charge on any atom is -0.371 e. The monoisotopic (exact) mass is 243 g/mol. The third kappa shape index (κ3) is 2.56. The fourth-order valence-corrected chi connectivity index (χ4v) is 2.26. The Balaban J connectivity index is 2.43. The van der Waals surface area contributed by atoms with Gasteiger partial charge in [0.25, 0.3) is 0 Å². The Morgan fingerprint density at radius 3 is 2.35 bits per heavy atom. The number of aryl methyl sites for hydroxylation is 1. The highest BCUT2D eigenvalue weighted by molar-refractivity contribution is 5.57. The van der Waals surface area contributed by atoms with Gasteiger partial charge in [0.05, 0.1) is 5.56 Å². The molecule has 1 aromatic carbocycles. The maximum atomic E-state index is 12.9. The van der Waals surface area contributed by atoms with Gasteiger partial charge < -0.3 is 4.90 Å². The number of hydrogen-bond acceptors (Lipinski definition) is 1. The molecule has 0 saturated carbocycles. The lowest BCUT2D eigenvalue weighted by molar-refractivity contribution is -0.137.